The summed E-state index contributed by atoms with van der Waals surface area (Å²) in [6.07, 6.45) is 4.54. The number of nitrogens with one attached hydrogen (secondary N) is 2. The Balaban J connectivity index is 1.77. The maximum Gasteiger partial charge on any atom is 0.269 e. The first kappa shape index (κ1) is 16.0. The molecule has 124 valence electrons. The minimum absolute atomic E-state index is 0.113. The van der Waals surface area contributed by atoms with E-state index < -0.39 is 15.9 Å². The smallest absolute Gasteiger partial charge is 0.269 e. The predicted octanol–water partition coefficient (Wildman–Crippen LogP) is 2.29. The van der Waals surface area contributed by atoms with E-state index in [1.807, 2.05) is 35.2 Å². The lowest BCUT2D eigenvalue weighted by atomic mass is 10.1. The lowest BCUT2D eigenvalue weighted by Gasteiger charge is -2.03. The van der Waals surface area contributed by atoms with Crippen LogP contribution in [0.1, 0.15) is 17.0 Å². The number of amides is 1. The molecule has 0 saturated carbocycles. The molecule has 2 heterocycles. The second kappa shape index (κ2) is 5.97. The van der Waals surface area contributed by atoms with Gasteiger partial charge in [0.25, 0.3) is 15.9 Å². The summed E-state index contributed by atoms with van der Waals surface area (Å²) in [5.74, 6) is -0.612. The molecule has 0 unspecified atom stereocenters. The predicted molar refractivity (Wildman–Crippen MR) is 88.6 cm³/mol. The SMILES string of the molecule is Cc1noc(C)c1S(=O)(=O)NC(=O)C=Cc1ccc2[nH]ccc2c1. The summed E-state index contributed by atoms with van der Waals surface area (Å²) >= 11 is 0. The van der Waals surface area contributed by atoms with Gasteiger partial charge < -0.3 is 9.51 Å². The number of rotatable bonds is 4. The zero-order chi connectivity index (χ0) is 17.3. The number of hydrogen-bond acceptors (Lipinski definition) is 5. The average Bonchev–Trinajstić information content (AvgIpc) is 3.10. The first-order chi connectivity index (χ1) is 11.4. The highest BCUT2D eigenvalue weighted by molar-refractivity contribution is 7.90. The molecule has 0 aliphatic rings. The van der Waals surface area contributed by atoms with Gasteiger partial charge in [0.05, 0.1) is 0 Å². The molecule has 0 spiro atoms. The summed E-state index contributed by atoms with van der Waals surface area (Å²) in [6, 6.07) is 7.51. The second-order valence-electron chi connectivity index (χ2n) is 5.28. The van der Waals surface area contributed by atoms with E-state index in [9.17, 15) is 13.2 Å². The number of fused-ring (bicyclic) bond motifs is 1. The number of sulfonamides is 1. The van der Waals surface area contributed by atoms with Gasteiger partial charge in [-0.25, -0.2) is 13.1 Å². The van der Waals surface area contributed by atoms with Gasteiger partial charge in [-0.15, -0.1) is 0 Å². The zero-order valence-corrected chi connectivity index (χ0v) is 13.8. The van der Waals surface area contributed by atoms with E-state index >= 15 is 0 Å². The molecular weight excluding hydrogens is 330 g/mol. The fourth-order valence-corrected chi connectivity index (χ4v) is 3.70. The van der Waals surface area contributed by atoms with Crippen molar-refractivity contribution in [2.45, 2.75) is 18.7 Å². The molecule has 0 atom stereocenters. The van der Waals surface area contributed by atoms with Gasteiger partial charge in [-0.3, -0.25) is 4.79 Å². The van der Waals surface area contributed by atoms with Gasteiger partial charge in [-0.2, -0.15) is 0 Å². The number of carbonyl (C=O) groups excluding carboxylic acids is 1. The van der Waals surface area contributed by atoms with Crippen molar-refractivity contribution in [3.8, 4) is 0 Å². The van der Waals surface area contributed by atoms with Crippen molar-refractivity contribution >= 4 is 32.9 Å². The topological polar surface area (TPSA) is 105 Å². The largest absolute Gasteiger partial charge is 0.361 e. The Morgan fingerprint density at radius 2 is 2.08 bits per heavy atom. The highest BCUT2D eigenvalue weighted by Crippen LogP contribution is 2.18. The van der Waals surface area contributed by atoms with Crippen LogP contribution in [0.25, 0.3) is 17.0 Å². The van der Waals surface area contributed by atoms with Crippen LogP contribution in [0, 0.1) is 13.8 Å². The molecule has 2 aromatic heterocycles. The van der Waals surface area contributed by atoms with Gasteiger partial charge in [-0.05, 0) is 49.1 Å². The van der Waals surface area contributed by atoms with Crippen LogP contribution in [0.5, 0.6) is 0 Å². The monoisotopic (exact) mass is 345 g/mol. The number of aromatic nitrogens is 2. The van der Waals surface area contributed by atoms with E-state index in [0.717, 1.165) is 16.5 Å². The Morgan fingerprint density at radius 1 is 1.29 bits per heavy atom. The molecule has 24 heavy (non-hydrogen) atoms. The molecule has 0 aliphatic heterocycles. The summed E-state index contributed by atoms with van der Waals surface area (Å²) in [6.45, 7) is 2.97. The van der Waals surface area contributed by atoms with Crippen LogP contribution in [0.3, 0.4) is 0 Å². The number of H-pyrrole nitrogens is 1. The summed E-state index contributed by atoms with van der Waals surface area (Å²) in [5.41, 5.74) is 1.97. The number of aromatic amines is 1. The molecule has 3 rings (SSSR count). The first-order valence-electron chi connectivity index (χ1n) is 7.12. The Morgan fingerprint density at radius 3 is 2.79 bits per heavy atom. The summed E-state index contributed by atoms with van der Waals surface area (Å²) in [5, 5.41) is 4.58. The van der Waals surface area contributed by atoms with Crippen LogP contribution in [0.4, 0.5) is 0 Å². The van der Waals surface area contributed by atoms with E-state index in [-0.39, 0.29) is 16.3 Å². The molecule has 0 bridgehead atoms. The van der Waals surface area contributed by atoms with Gasteiger partial charge >= 0.3 is 0 Å². The number of benzene rings is 1. The number of carbonyl (C=O) groups is 1. The van der Waals surface area contributed by atoms with E-state index in [1.165, 1.54) is 19.9 Å². The summed E-state index contributed by atoms with van der Waals surface area (Å²) in [4.78, 5) is 14.9. The third kappa shape index (κ3) is 3.09. The van der Waals surface area contributed by atoms with Gasteiger partial charge in [0.1, 0.15) is 5.69 Å². The molecule has 0 fully saturated rings. The molecule has 0 saturated heterocycles. The fourth-order valence-electron chi connectivity index (χ4n) is 2.42. The molecule has 0 radical (unpaired) electrons. The third-order valence-corrected chi connectivity index (χ3v) is 5.07. The number of hydrogen-bond donors (Lipinski definition) is 2. The van der Waals surface area contributed by atoms with Crippen molar-refractivity contribution in [1.29, 1.82) is 0 Å². The molecular formula is C16H15N3O4S. The van der Waals surface area contributed by atoms with Crippen LogP contribution in [-0.4, -0.2) is 24.5 Å². The Kier molecular flexibility index (Phi) is 3.98. The van der Waals surface area contributed by atoms with Crippen molar-refractivity contribution < 1.29 is 17.7 Å². The molecule has 0 aliphatic carbocycles. The van der Waals surface area contributed by atoms with Crippen LogP contribution in [0.2, 0.25) is 0 Å². The molecule has 7 nitrogen and oxygen atoms in total. The van der Waals surface area contributed by atoms with Gasteiger partial charge in [0, 0.05) is 17.8 Å². The van der Waals surface area contributed by atoms with Crippen molar-refractivity contribution in [3.05, 3.63) is 53.6 Å². The number of nitrogens with zero attached hydrogens (tertiary/aromatic N) is 1. The minimum atomic E-state index is -4.02. The van der Waals surface area contributed by atoms with Crippen LogP contribution in [-0.2, 0) is 14.8 Å². The van der Waals surface area contributed by atoms with E-state index in [0.29, 0.717) is 0 Å². The van der Waals surface area contributed by atoms with Crippen molar-refractivity contribution in [1.82, 2.24) is 14.9 Å². The van der Waals surface area contributed by atoms with Gasteiger partial charge in [-0.1, -0.05) is 11.2 Å². The maximum atomic E-state index is 12.2. The normalized spacial score (nSPS) is 12.1. The fraction of sp³-hybridized carbons (Fsp3) is 0.125. The standard InChI is InChI=1S/C16H15N3O4S/c1-10-16(11(2)23-18-10)24(21,22)19-15(20)6-4-12-3-5-14-13(9-12)7-8-17-14/h3-9,17H,1-2H3,(H,19,20). The maximum absolute atomic E-state index is 12.2. The lowest BCUT2D eigenvalue weighted by Crippen LogP contribution is -2.29. The van der Waals surface area contributed by atoms with Crippen molar-refractivity contribution in [3.63, 3.8) is 0 Å². The zero-order valence-electron chi connectivity index (χ0n) is 13.0. The van der Waals surface area contributed by atoms with Gasteiger partial charge in [0.15, 0.2) is 10.7 Å². The Labute approximate surface area is 138 Å². The minimum Gasteiger partial charge on any atom is -0.361 e. The lowest BCUT2D eigenvalue weighted by molar-refractivity contribution is -0.114. The van der Waals surface area contributed by atoms with Crippen molar-refractivity contribution in [2.75, 3.05) is 0 Å². The Bertz CT molecular complexity index is 1020. The van der Waals surface area contributed by atoms with Gasteiger partial charge in [0.2, 0.25) is 0 Å². The molecule has 1 amide bonds. The molecule has 8 heteroatoms. The van der Waals surface area contributed by atoms with E-state index in [4.69, 9.17) is 4.52 Å². The summed E-state index contributed by atoms with van der Waals surface area (Å²) < 4.78 is 31.3. The molecule has 3 aromatic rings. The highest BCUT2D eigenvalue weighted by Gasteiger charge is 2.25. The second-order valence-corrected chi connectivity index (χ2v) is 6.90. The van der Waals surface area contributed by atoms with Crippen LogP contribution in [0.15, 0.2) is 46.0 Å². The third-order valence-electron chi connectivity index (χ3n) is 3.48. The van der Waals surface area contributed by atoms with E-state index in [2.05, 4.69) is 10.1 Å². The number of aryl methyl sites for hydroxylation is 2. The van der Waals surface area contributed by atoms with Crippen LogP contribution < -0.4 is 4.72 Å². The molecule has 1 aromatic carbocycles. The highest BCUT2D eigenvalue weighted by atomic mass is 32.2. The first-order valence-corrected chi connectivity index (χ1v) is 8.60. The quantitative estimate of drug-likeness (QED) is 0.706. The van der Waals surface area contributed by atoms with Crippen LogP contribution >= 0.6 is 0 Å². The van der Waals surface area contributed by atoms with E-state index in [1.54, 1.807) is 6.08 Å². The molecule has 2 N–H and O–H groups in total. The Hall–Kier alpha value is -2.87. The average molecular weight is 345 g/mol. The van der Waals surface area contributed by atoms with Crippen molar-refractivity contribution in [2.24, 2.45) is 0 Å². The summed E-state index contributed by atoms with van der Waals surface area (Å²) in [7, 11) is -4.02.